The molecule has 0 bridgehead atoms. The molecule has 1 aromatic heterocycles. The van der Waals surface area contributed by atoms with Gasteiger partial charge >= 0.3 is 0 Å². The second kappa shape index (κ2) is 9.40. The Bertz CT molecular complexity index is 1380. The predicted octanol–water partition coefficient (Wildman–Crippen LogP) is 4.11. The number of hydrogen-bond donors (Lipinski definition) is 1. The van der Waals surface area contributed by atoms with Gasteiger partial charge in [-0.05, 0) is 35.9 Å². The molecule has 3 aromatic carbocycles. The third-order valence-electron chi connectivity index (χ3n) is 5.58. The highest BCUT2D eigenvalue weighted by molar-refractivity contribution is 7.99. The van der Waals surface area contributed by atoms with Crippen LogP contribution < -0.4 is 15.4 Å². The number of nitrogens with zero attached hydrogens (tertiary/aromatic N) is 3. The zero-order chi connectivity index (χ0) is 23.7. The average molecular weight is 493 g/mol. The third kappa shape index (κ3) is 4.47. The van der Waals surface area contributed by atoms with Gasteiger partial charge in [0.25, 0.3) is 5.91 Å². The molecular formula is C25H21ClN4O3S. The molecule has 0 saturated heterocycles. The van der Waals surface area contributed by atoms with Crippen LogP contribution in [0.5, 0.6) is 5.75 Å². The summed E-state index contributed by atoms with van der Waals surface area (Å²) < 4.78 is 7.75. The molecule has 0 radical (unpaired) electrons. The van der Waals surface area contributed by atoms with Gasteiger partial charge < -0.3 is 19.9 Å². The van der Waals surface area contributed by atoms with E-state index >= 15 is 0 Å². The SMILES string of the molecule is NC(=O)C1CN(C(=O)CSc2nc3cc(Cl)ccc3n2Cc2ccccc2)c2ccccc2O1. The Labute approximate surface area is 205 Å². The number of imidazole rings is 1. The molecule has 0 saturated carbocycles. The van der Waals surface area contributed by atoms with Crippen LogP contribution in [-0.4, -0.2) is 39.8 Å². The smallest absolute Gasteiger partial charge is 0.260 e. The number of aromatic nitrogens is 2. The molecule has 1 atom stereocenters. The van der Waals surface area contributed by atoms with Crippen molar-refractivity contribution in [2.75, 3.05) is 17.2 Å². The van der Waals surface area contributed by atoms with E-state index in [0.29, 0.717) is 28.2 Å². The first-order valence-electron chi connectivity index (χ1n) is 10.7. The number of nitrogens with two attached hydrogens (primary N) is 1. The van der Waals surface area contributed by atoms with Gasteiger partial charge in [0.05, 0.1) is 35.6 Å². The van der Waals surface area contributed by atoms with Crippen molar-refractivity contribution >= 4 is 51.9 Å². The lowest BCUT2D eigenvalue weighted by atomic mass is 10.2. The Morgan fingerprint density at radius 1 is 1.09 bits per heavy atom. The van der Waals surface area contributed by atoms with Crippen molar-refractivity contribution in [1.29, 1.82) is 0 Å². The maximum Gasteiger partial charge on any atom is 0.260 e. The second-order valence-corrected chi connectivity index (χ2v) is 9.25. The van der Waals surface area contributed by atoms with Crippen LogP contribution in [0.15, 0.2) is 78.0 Å². The number of rotatable bonds is 6. The fourth-order valence-corrected chi connectivity index (χ4v) is 4.99. The van der Waals surface area contributed by atoms with E-state index in [1.807, 2.05) is 42.5 Å². The maximum absolute atomic E-state index is 13.3. The van der Waals surface area contributed by atoms with Crippen LogP contribution in [0.1, 0.15) is 5.56 Å². The van der Waals surface area contributed by atoms with Crippen LogP contribution in [0.4, 0.5) is 5.69 Å². The first-order chi connectivity index (χ1) is 16.5. The monoisotopic (exact) mass is 492 g/mol. The molecule has 5 rings (SSSR count). The van der Waals surface area contributed by atoms with Crippen LogP contribution in [-0.2, 0) is 16.1 Å². The fraction of sp³-hybridized carbons (Fsp3) is 0.160. The molecule has 34 heavy (non-hydrogen) atoms. The number of primary amides is 1. The van der Waals surface area contributed by atoms with E-state index in [-0.39, 0.29) is 18.2 Å². The molecule has 172 valence electrons. The number of para-hydroxylation sites is 2. The van der Waals surface area contributed by atoms with Gasteiger partial charge in [-0.25, -0.2) is 4.98 Å². The van der Waals surface area contributed by atoms with Crippen molar-refractivity contribution in [3.63, 3.8) is 0 Å². The number of thioether (sulfide) groups is 1. The molecule has 0 fully saturated rings. The lowest BCUT2D eigenvalue weighted by Crippen LogP contribution is -2.49. The molecule has 2 amide bonds. The van der Waals surface area contributed by atoms with E-state index in [0.717, 1.165) is 16.6 Å². The highest BCUT2D eigenvalue weighted by Crippen LogP contribution is 2.34. The lowest BCUT2D eigenvalue weighted by molar-refractivity contribution is -0.125. The van der Waals surface area contributed by atoms with Gasteiger partial charge in [-0.2, -0.15) is 0 Å². The van der Waals surface area contributed by atoms with E-state index in [9.17, 15) is 9.59 Å². The molecule has 1 aliphatic heterocycles. The predicted molar refractivity (Wildman–Crippen MR) is 133 cm³/mol. The molecule has 1 unspecified atom stereocenters. The first kappa shape index (κ1) is 22.3. The van der Waals surface area contributed by atoms with Gasteiger partial charge in [0, 0.05) is 5.02 Å². The summed E-state index contributed by atoms with van der Waals surface area (Å²) >= 11 is 7.53. The number of fused-ring (bicyclic) bond motifs is 2. The fourth-order valence-electron chi connectivity index (χ4n) is 3.93. The van der Waals surface area contributed by atoms with Crippen molar-refractivity contribution in [3.05, 3.63) is 83.4 Å². The molecule has 2 heterocycles. The zero-order valence-corrected chi connectivity index (χ0v) is 19.6. The number of carbonyl (C=O) groups is 2. The van der Waals surface area contributed by atoms with Gasteiger partial charge in [-0.3, -0.25) is 9.59 Å². The van der Waals surface area contributed by atoms with Crippen LogP contribution in [0.3, 0.4) is 0 Å². The summed E-state index contributed by atoms with van der Waals surface area (Å²) in [5.41, 5.74) is 8.92. The summed E-state index contributed by atoms with van der Waals surface area (Å²) in [6.45, 7) is 0.682. The average Bonchev–Trinajstić information content (AvgIpc) is 3.18. The van der Waals surface area contributed by atoms with Gasteiger partial charge in [0.1, 0.15) is 5.75 Å². The van der Waals surface area contributed by atoms with Gasteiger partial charge in [0.15, 0.2) is 11.3 Å². The Morgan fingerprint density at radius 2 is 1.85 bits per heavy atom. The Hall–Kier alpha value is -3.49. The van der Waals surface area contributed by atoms with E-state index in [1.54, 1.807) is 23.1 Å². The minimum atomic E-state index is -0.895. The molecule has 1 aliphatic rings. The van der Waals surface area contributed by atoms with Gasteiger partial charge in [0.2, 0.25) is 5.91 Å². The standard InChI is InChI=1S/C25H21ClN4O3S/c26-17-10-11-19-18(12-17)28-25(30(19)13-16-6-2-1-3-7-16)34-15-23(31)29-14-22(24(27)32)33-21-9-5-4-8-20(21)29/h1-12,22H,13-15H2,(H2,27,32). The van der Waals surface area contributed by atoms with Crippen LogP contribution in [0, 0.1) is 0 Å². The van der Waals surface area contributed by atoms with Crippen LogP contribution >= 0.6 is 23.4 Å². The number of halogens is 1. The summed E-state index contributed by atoms with van der Waals surface area (Å²) in [6.07, 6.45) is -0.895. The van der Waals surface area contributed by atoms with E-state index in [2.05, 4.69) is 16.7 Å². The maximum atomic E-state index is 13.3. The molecule has 2 N–H and O–H groups in total. The Morgan fingerprint density at radius 3 is 2.65 bits per heavy atom. The third-order valence-corrected chi connectivity index (χ3v) is 6.77. The van der Waals surface area contributed by atoms with Gasteiger partial charge in [-0.1, -0.05) is 65.8 Å². The molecule has 7 nitrogen and oxygen atoms in total. The number of ether oxygens (including phenoxy) is 1. The van der Waals surface area contributed by atoms with Crippen LogP contribution in [0.2, 0.25) is 5.02 Å². The van der Waals surface area contributed by atoms with E-state index < -0.39 is 12.0 Å². The normalized spacial score (nSPS) is 15.1. The molecule has 4 aromatic rings. The summed E-state index contributed by atoms with van der Waals surface area (Å²) in [7, 11) is 0. The number of hydrogen-bond acceptors (Lipinski definition) is 5. The van der Waals surface area contributed by atoms with Crippen molar-refractivity contribution in [1.82, 2.24) is 9.55 Å². The number of amides is 2. The molecular weight excluding hydrogens is 472 g/mol. The highest BCUT2D eigenvalue weighted by atomic mass is 35.5. The van der Waals surface area contributed by atoms with Crippen molar-refractivity contribution in [2.24, 2.45) is 5.73 Å². The van der Waals surface area contributed by atoms with Crippen LogP contribution in [0.25, 0.3) is 11.0 Å². The molecule has 9 heteroatoms. The van der Waals surface area contributed by atoms with E-state index in [1.165, 1.54) is 11.8 Å². The van der Waals surface area contributed by atoms with Crippen molar-refractivity contribution in [2.45, 2.75) is 17.8 Å². The summed E-state index contributed by atoms with van der Waals surface area (Å²) in [6, 6.07) is 22.8. The minimum absolute atomic E-state index is 0.0712. The first-order valence-corrected chi connectivity index (χ1v) is 12.0. The topological polar surface area (TPSA) is 90.5 Å². The summed E-state index contributed by atoms with van der Waals surface area (Å²) in [4.78, 5) is 31.4. The summed E-state index contributed by atoms with van der Waals surface area (Å²) in [5, 5.41) is 1.31. The quantitative estimate of drug-likeness (QED) is 0.409. The zero-order valence-electron chi connectivity index (χ0n) is 18.1. The van der Waals surface area contributed by atoms with E-state index in [4.69, 9.17) is 27.1 Å². The minimum Gasteiger partial charge on any atom is -0.477 e. The van der Waals surface area contributed by atoms with Crippen molar-refractivity contribution < 1.29 is 14.3 Å². The number of benzene rings is 3. The number of anilines is 1. The largest absolute Gasteiger partial charge is 0.477 e. The van der Waals surface area contributed by atoms with Gasteiger partial charge in [-0.15, -0.1) is 0 Å². The number of carbonyl (C=O) groups excluding carboxylic acids is 2. The highest BCUT2D eigenvalue weighted by Gasteiger charge is 2.32. The Kier molecular flexibility index (Phi) is 6.17. The molecule has 0 spiro atoms. The van der Waals surface area contributed by atoms with Crippen molar-refractivity contribution in [3.8, 4) is 5.75 Å². The Balaban J connectivity index is 1.42. The molecule has 0 aliphatic carbocycles. The summed E-state index contributed by atoms with van der Waals surface area (Å²) in [5.74, 6) is -0.183. The lowest BCUT2D eigenvalue weighted by Gasteiger charge is -2.33. The second-order valence-electron chi connectivity index (χ2n) is 7.87.